The Balaban J connectivity index is 1.88. The minimum atomic E-state index is -4.53. The van der Waals surface area contributed by atoms with E-state index < -0.39 is 11.9 Å². The van der Waals surface area contributed by atoms with Crippen LogP contribution >= 0.6 is 11.6 Å². The van der Waals surface area contributed by atoms with Crippen molar-refractivity contribution < 1.29 is 13.2 Å². The molecule has 0 bridgehead atoms. The van der Waals surface area contributed by atoms with E-state index in [0.717, 1.165) is 48.2 Å². The molecule has 1 saturated carbocycles. The summed E-state index contributed by atoms with van der Waals surface area (Å²) in [5.41, 5.74) is 3.10. The summed E-state index contributed by atoms with van der Waals surface area (Å²) in [4.78, 5) is 4.09. The molecule has 31 heavy (non-hydrogen) atoms. The molecular weight excluding hydrogens is 425 g/mol. The Bertz CT molecular complexity index is 1090. The fourth-order valence-electron chi connectivity index (χ4n) is 4.60. The Hall–Kier alpha value is -1.99. The van der Waals surface area contributed by atoms with Crippen molar-refractivity contribution in [3.63, 3.8) is 0 Å². The Morgan fingerprint density at radius 1 is 1.19 bits per heavy atom. The van der Waals surface area contributed by atoms with Crippen molar-refractivity contribution in [2.45, 2.75) is 65.6 Å². The van der Waals surface area contributed by atoms with Crippen LogP contribution in [0.2, 0.25) is 5.15 Å². The molecule has 1 aliphatic carbocycles. The van der Waals surface area contributed by atoms with Crippen LogP contribution in [0.5, 0.6) is 0 Å². The van der Waals surface area contributed by atoms with Gasteiger partial charge in [-0.15, -0.1) is 0 Å². The average Bonchev–Trinajstić information content (AvgIpc) is 3.37. The van der Waals surface area contributed by atoms with E-state index in [2.05, 4.69) is 17.2 Å². The van der Waals surface area contributed by atoms with Gasteiger partial charge in [-0.3, -0.25) is 8.97 Å². The average molecular weight is 453 g/mol. The Morgan fingerprint density at radius 3 is 2.39 bits per heavy atom. The summed E-state index contributed by atoms with van der Waals surface area (Å²) in [5.74, 6) is 0.616. The Morgan fingerprint density at radius 2 is 1.84 bits per heavy atom. The molecule has 3 aromatic rings. The molecule has 0 spiro atoms. The summed E-state index contributed by atoms with van der Waals surface area (Å²) in [6, 6.07) is 4.01. The highest BCUT2D eigenvalue weighted by Gasteiger charge is 2.41. The normalized spacial score (nSPS) is 15.7. The van der Waals surface area contributed by atoms with Crippen molar-refractivity contribution in [3.05, 3.63) is 51.6 Å². The van der Waals surface area contributed by atoms with E-state index in [9.17, 15) is 13.2 Å². The zero-order chi connectivity index (χ0) is 22.5. The quantitative estimate of drug-likeness (QED) is 0.474. The van der Waals surface area contributed by atoms with Gasteiger partial charge in [0.1, 0.15) is 5.15 Å². The van der Waals surface area contributed by atoms with Gasteiger partial charge in [-0.25, -0.2) is 4.98 Å². The third-order valence-corrected chi connectivity index (χ3v) is 6.30. The Kier molecular flexibility index (Phi) is 5.85. The van der Waals surface area contributed by atoms with Crippen LogP contribution in [0.4, 0.5) is 13.2 Å². The summed E-state index contributed by atoms with van der Waals surface area (Å²) in [5, 5.41) is 3.79. The van der Waals surface area contributed by atoms with E-state index in [-0.39, 0.29) is 23.9 Å². The highest BCUT2D eigenvalue weighted by molar-refractivity contribution is 6.30. The number of alkyl halides is 3. The van der Waals surface area contributed by atoms with Gasteiger partial charge in [-0.2, -0.15) is 13.2 Å². The molecule has 4 rings (SSSR count). The number of aromatic nitrogens is 3. The molecule has 0 aliphatic heterocycles. The number of imidazole rings is 2. The summed E-state index contributed by atoms with van der Waals surface area (Å²) in [6.45, 7) is 8.71. The maximum Gasteiger partial charge on any atom is 0.435 e. The fraction of sp³-hybridized carbons (Fsp3) is 0.522. The predicted molar refractivity (Wildman–Crippen MR) is 117 cm³/mol. The molecule has 8 heteroatoms. The third kappa shape index (κ3) is 4.22. The monoisotopic (exact) mass is 452 g/mol. The number of hydrogen-bond donors (Lipinski definition) is 1. The summed E-state index contributed by atoms with van der Waals surface area (Å²) < 4.78 is 45.1. The maximum atomic E-state index is 14.0. The minimum Gasteiger partial charge on any atom is -0.313 e. The van der Waals surface area contributed by atoms with Crippen LogP contribution in [-0.4, -0.2) is 26.5 Å². The molecule has 1 aromatic carbocycles. The second-order valence-electron chi connectivity index (χ2n) is 8.71. The van der Waals surface area contributed by atoms with Crippen LogP contribution in [0.25, 0.3) is 11.5 Å². The van der Waals surface area contributed by atoms with E-state index in [0.29, 0.717) is 11.1 Å². The zero-order valence-corrected chi connectivity index (χ0v) is 19.0. The molecule has 0 radical (unpaired) electrons. The second kappa shape index (κ2) is 8.17. The number of nitrogens with one attached hydrogen (secondary N) is 1. The van der Waals surface area contributed by atoms with Crippen molar-refractivity contribution in [3.8, 4) is 5.69 Å². The van der Waals surface area contributed by atoms with Crippen LogP contribution < -0.4 is 5.32 Å². The molecule has 2 heterocycles. The third-order valence-electron chi connectivity index (χ3n) is 6.03. The van der Waals surface area contributed by atoms with Crippen LogP contribution in [-0.2, 0) is 12.6 Å². The van der Waals surface area contributed by atoms with Crippen molar-refractivity contribution in [1.29, 1.82) is 0 Å². The fourth-order valence-corrected chi connectivity index (χ4v) is 4.86. The molecule has 1 fully saturated rings. The SMILES string of the molecule is CCCNC(Cc1c(C(F)(F)F)nc2n(-c3c(C)cc(C)cc3C)c(Cl)cn12)C1CC1. The lowest BCUT2D eigenvalue weighted by molar-refractivity contribution is -0.141. The lowest BCUT2D eigenvalue weighted by atomic mass is 10.0. The van der Waals surface area contributed by atoms with Gasteiger partial charge in [0.15, 0.2) is 5.69 Å². The van der Waals surface area contributed by atoms with E-state index in [1.807, 2.05) is 32.9 Å². The Labute approximate surface area is 185 Å². The molecule has 1 aliphatic rings. The predicted octanol–water partition coefficient (Wildman–Crippen LogP) is 6.04. The van der Waals surface area contributed by atoms with E-state index in [1.54, 1.807) is 10.8 Å². The number of benzene rings is 1. The smallest absolute Gasteiger partial charge is 0.313 e. The highest BCUT2D eigenvalue weighted by atomic mass is 35.5. The van der Waals surface area contributed by atoms with E-state index >= 15 is 0 Å². The number of rotatable bonds is 7. The lowest BCUT2D eigenvalue weighted by Gasteiger charge is -2.18. The molecule has 1 atom stereocenters. The number of halogens is 4. The zero-order valence-electron chi connectivity index (χ0n) is 18.3. The van der Waals surface area contributed by atoms with Gasteiger partial charge in [-0.05, 0) is 63.6 Å². The summed E-state index contributed by atoms with van der Waals surface area (Å²) in [7, 11) is 0. The molecular formula is C23H28ClF3N4. The van der Waals surface area contributed by atoms with Gasteiger partial charge in [-0.1, -0.05) is 36.2 Å². The summed E-state index contributed by atoms with van der Waals surface area (Å²) in [6.07, 6.45) is 0.340. The van der Waals surface area contributed by atoms with Gasteiger partial charge in [0.2, 0.25) is 5.78 Å². The van der Waals surface area contributed by atoms with Crippen LogP contribution in [0.15, 0.2) is 18.3 Å². The maximum absolute atomic E-state index is 14.0. The van der Waals surface area contributed by atoms with Crippen LogP contribution in [0.1, 0.15) is 54.3 Å². The standard InChI is InChI=1S/C23H28ClF3N4/c1-5-8-28-17(16-6-7-16)11-18-21(23(25,26)27)29-22-30(18)12-19(24)31(22)20-14(3)9-13(2)10-15(20)4/h9-10,12,16-17,28H,5-8,11H2,1-4H3. The van der Waals surface area contributed by atoms with Gasteiger partial charge < -0.3 is 5.32 Å². The first-order valence-electron chi connectivity index (χ1n) is 10.8. The van der Waals surface area contributed by atoms with Crippen LogP contribution in [0.3, 0.4) is 0 Å². The lowest BCUT2D eigenvalue weighted by Crippen LogP contribution is -2.34. The van der Waals surface area contributed by atoms with E-state index in [1.165, 1.54) is 4.40 Å². The summed E-state index contributed by atoms with van der Waals surface area (Å²) >= 11 is 6.57. The topological polar surface area (TPSA) is 34.3 Å². The number of fused-ring (bicyclic) bond motifs is 1. The van der Waals surface area contributed by atoms with E-state index in [4.69, 9.17) is 11.6 Å². The van der Waals surface area contributed by atoms with Gasteiger partial charge in [0.25, 0.3) is 0 Å². The van der Waals surface area contributed by atoms with Crippen molar-refractivity contribution in [2.75, 3.05) is 6.54 Å². The number of nitrogens with zero attached hydrogens (tertiary/aromatic N) is 3. The second-order valence-corrected chi connectivity index (χ2v) is 9.10. The molecule has 1 N–H and O–H groups in total. The van der Waals surface area contributed by atoms with Gasteiger partial charge in [0.05, 0.1) is 11.4 Å². The van der Waals surface area contributed by atoms with Crippen molar-refractivity contribution >= 4 is 17.4 Å². The van der Waals surface area contributed by atoms with Crippen LogP contribution in [0, 0.1) is 26.7 Å². The first-order valence-corrected chi connectivity index (χ1v) is 11.2. The largest absolute Gasteiger partial charge is 0.435 e. The first-order chi connectivity index (χ1) is 14.6. The van der Waals surface area contributed by atoms with Gasteiger partial charge >= 0.3 is 6.18 Å². The molecule has 168 valence electrons. The number of aryl methyl sites for hydroxylation is 3. The molecule has 2 aromatic heterocycles. The minimum absolute atomic E-state index is 0.00548. The first kappa shape index (κ1) is 22.2. The van der Waals surface area contributed by atoms with Gasteiger partial charge in [0, 0.05) is 18.7 Å². The van der Waals surface area contributed by atoms with Crippen molar-refractivity contribution in [1.82, 2.24) is 19.3 Å². The number of hydrogen-bond acceptors (Lipinski definition) is 2. The van der Waals surface area contributed by atoms with Crippen molar-refractivity contribution in [2.24, 2.45) is 5.92 Å². The molecule has 0 amide bonds. The molecule has 0 saturated heterocycles. The molecule has 4 nitrogen and oxygen atoms in total. The highest BCUT2D eigenvalue weighted by Crippen LogP contribution is 2.39. The molecule has 1 unspecified atom stereocenters.